The van der Waals surface area contributed by atoms with Crippen LogP contribution in [0.1, 0.15) is 36.7 Å². The molecule has 0 fully saturated rings. The third-order valence-corrected chi connectivity index (χ3v) is 3.70. The Hall–Kier alpha value is -2.37. The molecule has 2 aromatic rings. The first-order chi connectivity index (χ1) is 11.6. The number of aromatic nitrogens is 2. The van der Waals surface area contributed by atoms with E-state index >= 15 is 0 Å². The molecule has 2 rings (SSSR count). The van der Waals surface area contributed by atoms with Crippen LogP contribution in [0.5, 0.6) is 0 Å². The van der Waals surface area contributed by atoms with Crippen molar-refractivity contribution in [3.8, 4) is 0 Å². The van der Waals surface area contributed by atoms with E-state index in [-0.39, 0.29) is 0 Å². The maximum atomic E-state index is 5.12. The van der Waals surface area contributed by atoms with Crippen LogP contribution in [-0.2, 0) is 19.4 Å². The molecule has 6 heteroatoms. The molecule has 1 N–H and O–H groups in total. The maximum absolute atomic E-state index is 5.12. The summed E-state index contributed by atoms with van der Waals surface area (Å²) in [5.74, 6) is 2.17. The van der Waals surface area contributed by atoms with Gasteiger partial charge in [0.25, 0.3) is 0 Å². The van der Waals surface area contributed by atoms with Crippen molar-refractivity contribution < 1.29 is 4.52 Å². The van der Waals surface area contributed by atoms with E-state index < -0.39 is 0 Å². The second-order valence-corrected chi connectivity index (χ2v) is 5.75. The summed E-state index contributed by atoms with van der Waals surface area (Å²) in [6, 6.07) is 8.73. The largest absolute Gasteiger partial charge is 0.357 e. The van der Waals surface area contributed by atoms with Crippen molar-refractivity contribution in [2.75, 3.05) is 20.1 Å². The first kappa shape index (κ1) is 18.0. The van der Waals surface area contributed by atoms with Crippen LogP contribution in [0.2, 0.25) is 0 Å². The smallest absolute Gasteiger partial charge is 0.228 e. The van der Waals surface area contributed by atoms with Gasteiger partial charge in [0.05, 0.1) is 6.54 Å². The van der Waals surface area contributed by atoms with Crippen molar-refractivity contribution in [3.63, 3.8) is 0 Å². The molecular weight excluding hydrogens is 302 g/mol. The minimum absolute atomic E-state index is 0.614. The van der Waals surface area contributed by atoms with E-state index in [0.29, 0.717) is 24.7 Å². The van der Waals surface area contributed by atoms with Crippen LogP contribution in [0.25, 0.3) is 0 Å². The Kier molecular flexibility index (Phi) is 6.78. The molecule has 0 aliphatic carbocycles. The Bertz CT molecular complexity index is 648. The third-order valence-electron chi connectivity index (χ3n) is 3.70. The zero-order chi connectivity index (χ0) is 17.4. The summed E-state index contributed by atoms with van der Waals surface area (Å²) in [6.45, 7) is 8.32. The molecular formula is C18H27N5O. The van der Waals surface area contributed by atoms with Gasteiger partial charge in [0, 0.05) is 26.6 Å². The summed E-state index contributed by atoms with van der Waals surface area (Å²) in [6.07, 6.45) is 1.71. The molecule has 130 valence electrons. The number of hydrogen-bond donors (Lipinski definition) is 1. The van der Waals surface area contributed by atoms with Gasteiger partial charge in [-0.15, -0.1) is 0 Å². The van der Waals surface area contributed by atoms with E-state index in [0.717, 1.165) is 25.5 Å². The van der Waals surface area contributed by atoms with Gasteiger partial charge in [0.2, 0.25) is 5.89 Å². The highest BCUT2D eigenvalue weighted by atomic mass is 16.5. The second-order valence-electron chi connectivity index (χ2n) is 5.75. The first-order valence-electron chi connectivity index (χ1n) is 8.48. The molecule has 0 aliphatic rings. The fourth-order valence-electron chi connectivity index (χ4n) is 2.40. The van der Waals surface area contributed by atoms with Crippen molar-refractivity contribution in [1.29, 1.82) is 0 Å². The number of nitrogens with one attached hydrogen (secondary N) is 1. The van der Waals surface area contributed by atoms with E-state index in [1.165, 1.54) is 11.1 Å². The molecule has 0 unspecified atom stereocenters. The first-order valence-corrected chi connectivity index (χ1v) is 8.48. The molecule has 0 aliphatic heterocycles. The summed E-state index contributed by atoms with van der Waals surface area (Å²) in [7, 11) is 2.05. The van der Waals surface area contributed by atoms with Crippen molar-refractivity contribution in [2.24, 2.45) is 4.99 Å². The molecule has 1 aromatic carbocycles. The topological polar surface area (TPSA) is 66.5 Å². The predicted octanol–water partition coefficient (Wildman–Crippen LogP) is 2.58. The SMILES string of the molecule is CCNC(=NCCc1nc(C)no1)N(C)Cc1ccc(CC)cc1. The maximum Gasteiger partial charge on any atom is 0.228 e. The average Bonchev–Trinajstić information content (AvgIpc) is 3.00. The van der Waals surface area contributed by atoms with E-state index in [4.69, 9.17) is 4.52 Å². The molecule has 1 aromatic heterocycles. The molecule has 6 nitrogen and oxygen atoms in total. The zero-order valence-electron chi connectivity index (χ0n) is 15.0. The number of aliphatic imine (C=N–C) groups is 1. The van der Waals surface area contributed by atoms with Crippen molar-refractivity contribution in [3.05, 3.63) is 47.1 Å². The van der Waals surface area contributed by atoms with Crippen LogP contribution in [0.15, 0.2) is 33.8 Å². The van der Waals surface area contributed by atoms with E-state index in [1.807, 2.05) is 14.0 Å². The molecule has 0 saturated heterocycles. The Balaban J connectivity index is 1.94. The van der Waals surface area contributed by atoms with Crippen molar-refractivity contribution in [1.82, 2.24) is 20.4 Å². The number of nitrogens with zero attached hydrogens (tertiary/aromatic N) is 4. The van der Waals surface area contributed by atoms with Crippen LogP contribution in [0, 0.1) is 6.92 Å². The highest BCUT2D eigenvalue weighted by Gasteiger charge is 2.07. The van der Waals surface area contributed by atoms with Gasteiger partial charge in [0.1, 0.15) is 0 Å². The van der Waals surface area contributed by atoms with Gasteiger partial charge in [-0.25, -0.2) is 0 Å². The molecule has 0 saturated carbocycles. The molecule has 24 heavy (non-hydrogen) atoms. The van der Waals surface area contributed by atoms with E-state index in [2.05, 4.69) is 63.5 Å². The van der Waals surface area contributed by atoms with Gasteiger partial charge in [-0.1, -0.05) is 36.3 Å². The monoisotopic (exact) mass is 329 g/mol. The lowest BCUT2D eigenvalue weighted by Crippen LogP contribution is -2.38. The molecule has 1 heterocycles. The minimum Gasteiger partial charge on any atom is -0.357 e. The zero-order valence-corrected chi connectivity index (χ0v) is 15.0. The van der Waals surface area contributed by atoms with Crippen LogP contribution in [-0.4, -0.2) is 41.1 Å². The van der Waals surface area contributed by atoms with Gasteiger partial charge < -0.3 is 14.7 Å². The molecule has 0 spiro atoms. The van der Waals surface area contributed by atoms with Crippen molar-refractivity contribution in [2.45, 2.75) is 40.2 Å². The lowest BCUT2D eigenvalue weighted by atomic mass is 10.1. The number of aryl methyl sites for hydroxylation is 2. The number of guanidine groups is 1. The summed E-state index contributed by atoms with van der Waals surface area (Å²) < 4.78 is 5.12. The van der Waals surface area contributed by atoms with E-state index in [1.54, 1.807) is 0 Å². The highest BCUT2D eigenvalue weighted by molar-refractivity contribution is 5.79. The van der Waals surface area contributed by atoms with Crippen LogP contribution >= 0.6 is 0 Å². The van der Waals surface area contributed by atoms with Gasteiger partial charge in [0.15, 0.2) is 11.8 Å². The Morgan fingerprint density at radius 3 is 2.50 bits per heavy atom. The quantitative estimate of drug-likeness (QED) is 0.625. The van der Waals surface area contributed by atoms with Gasteiger partial charge in [-0.3, -0.25) is 4.99 Å². The van der Waals surface area contributed by atoms with Gasteiger partial charge >= 0.3 is 0 Å². The molecule has 0 atom stereocenters. The number of benzene rings is 1. The van der Waals surface area contributed by atoms with Crippen LogP contribution < -0.4 is 5.32 Å². The number of rotatable bonds is 7. The average molecular weight is 329 g/mol. The highest BCUT2D eigenvalue weighted by Crippen LogP contribution is 2.07. The summed E-state index contributed by atoms with van der Waals surface area (Å²) in [4.78, 5) is 11.0. The lowest BCUT2D eigenvalue weighted by molar-refractivity contribution is 0.375. The van der Waals surface area contributed by atoms with Crippen LogP contribution in [0.3, 0.4) is 0 Å². The van der Waals surface area contributed by atoms with E-state index in [9.17, 15) is 0 Å². The molecule has 0 bridgehead atoms. The Morgan fingerprint density at radius 2 is 1.92 bits per heavy atom. The van der Waals surface area contributed by atoms with Crippen molar-refractivity contribution >= 4 is 5.96 Å². The minimum atomic E-state index is 0.614. The summed E-state index contributed by atoms with van der Waals surface area (Å²) >= 11 is 0. The normalized spacial score (nSPS) is 11.6. The number of hydrogen-bond acceptors (Lipinski definition) is 4. The second kappa shape index (κ2) is 9.05. The van der Waals surface area contributed by atoms with Gasteiger partial charge in [-0.2, -0.15) is 4.98 Å². The molecule has 0 radical (unpaired) electrons. The fourth-order valence-corrected chi connectivity index (χ4v) is 2.40. The Morgan fingerprint density at radius 1 is 1.21 bits per heavy atom. The summed E-state index contributed by atoms with van der Waals surface area (Å²) in [5.41, 5.74) is 2.63. The summed E-state index contributed by atoms with van der Waals surface area (Å²) in [5, 5.41) is 7.12. The van der Waals surface area contributed by atoms with Gasteiger partial charge in [-0.05, 0) is 31.4 Å². The lowest BCUT2D eigenvalue weighted by Gasteiger charge is -2.22. The predicted molar refractivity (Wildman–Crippen MR) is 96.0 cm³/mol. The standard InChI is InChI=1S/C18H27N5O/c1-5-15-7-9-16(10-8-15)13-23(4)18(19-6-2)20-12-11-17-21-14(3)22-24-17/h7-10H,5-6,11-13H2,1-4H3,(H,19,20). The fraction of sp³-hybridized carbons (Fsp3) is 0.500. The van der Waals surface area contributed by atoms with Crippen LogP contribution in [0.4, 0.5) is 0 Å². The Labute approximate surface area is 144 Å². The third kappa shape index (κ3) is 5.37. The molecule has 0 amide bonds.